The van der Waals surface area contributed by atoms with Gasteiger partial charge in [0.1, 0.15) is 18.8 Å². The van der Waals surface area contributed by atoms with Crippen molar-refractivity contribution in [1.29, 1.82) is 0 Å². The molecular formula is C13H21N7O. The number of ether oxygens (including phenoxy) is 1. The van der Waals surface area contributed by atoms with Gasteiger partial charge in [-0.3, -0.25) is 14.7 Å². The molecule has 1 saturated heterocycles. The summed E-state index contributed by atoms with van der Waals surface area (Å²) in [4.78, 5) is 10.8. The van der Waals surface area contributed by atoms with Crippen LogP contribution in [0.2, 0.25) is 0 Å². The van der Waals surface area contributed by atoms with Crippen LogP contribution in [0.5, 0.6) is 0 Å². The van der Waals surface area contributed by atoms with Gasteiger partial charge in [-0.05, 0) is 0 Å². The summed E-state index contributed by atoms with van der Waals surface area (Å²) in [5, 5.41) is 11.4. The van der Waals surface area contributed by atoms with Gasteiger partial charge in [0.25, 0.3) is 0 Å². The molecule has 1 atom stereocenters. The van der Waals surface area contributed by atoms with Gasteiger partial charge in [-0.1, -0.05) is 13.8 Å². The van der Waals surface area contributed by atoms with Crippen LogP contribution in [0.15, 0.2) is 12.7 Å². The van der Waals surface area contributed by atoms with Gasteiger partial charge in [0.05, 0.1) is 13.2 Å². The van der Waals surface area contributed by atoms with Crippen LogP contribution in [-0.4, -0.2) is 61.1 Å². The van der Waals surface area contributed by atoms with E-state index in [1.807, 2.05) is 4.68 Å². The number of hydrogen-bond acceptors (Lipinski definition) is 6. The highest BCUT2D eigenvalue weighted by atomic mass is 16.5. The highest BCUT2D eigenvalue weighted by Crippen LogP contribution is 2.20. The monoisotopic (exact) mass is 291 g/mol. The zero-order chi connectivity index (χ0) is 14.7. The molecule has 0 bridgehead atoms. The molecule has 0 aliphatic carbocycles. The summed E-state index contributed by atoms with van der Waals surface area (Å²) in [6.07, 6.45) is 3.27. The lowest BCUT2D eigenvalue weighted by Crippen LogP contribution is -2.40. The molecule has 2 aromatic rings. The SMILES string of the molecule is CC(C)c1n[nH]c([C@H]2CN(CCn3cncn3)CCO2)n1. The zero-order valence-corrected chi connectivity index (χ0v) is 12.4. The fourth-order valence-electron chi connectivity index (χ4n) is 2.35. The van der Waals surface area contributed by atoms with Crippen molar-refractivity contribution in [1.82, 2.24) is 34.8 Å². The number of morpholine rings is 1. The van der Waals surface area contributed by atoms with Crippen LogP contribution in [0.4, 0.5) is 0 Å². The first kappa shape index (κ1) is 14.2. The topological polar surface area (TPSA) is 84.8 Å². The van der Waals surface area contributed by atoms with Crippen LogP contribution >= 0.6 is 0 Å². The number of nitrogens with zero attached hydrogens (tertiary/aromatic N) is 6. The Labute approximate surface area is 123 Å². The normalized spacial score (nSPS) is 20.2. The van der Waals surface area contributed by atoms with Gasteiger partial charge < -0.3 is 4.74 Å². The number of rotatable bonds is 5. The Kier molecular flexibility index (Phi) is 4.26. The predicted molar refractivity (Wildman–Crippen MR) is 75.6 cm³/mol. The molecule has 0 radical (unpaired) electrons. The lowest BCUT2D eigenvalue weighted by atomic mass is 10.2. The van der Waals surface area contributed by atoms with Gasteiger partial charge in [0.2, 0.25) is 0 Å². The van der Waals surface area contributed by atoms with Crippen LogP contribution in [0.1, 0.15) is 37.5 Å². The molecule has 0 unspecified atom stereocenters. The molecule has 1 N–H and O–H groups in total. The smallest absolute Gasteiger partial charge is 0.155 e. The molecule has 0 saturated carbocycles. The van der Waals surface area contributed by atoms with Gasteiger partial charge in [-0.25, -0.2) is 9.97 Å². The van der Waals surface area contributed by atoms with Crippen molar-refractivity contribution in [3.63, 3.8) is 0 Å². The summed E-state index contributed by atoms with van der Waals surface area (Å²) in [6.45, 7) is 8.38. The maximum Gasteiger partial charge on any atom is 0.155 e. The van der Waals surface area contributed by atoms with Crippen LogP contribution in [-0.2, 0) is 11.3 Å². The molecule has 1 aliphatic rings. The Morgan fingerprint density at radius 2 is 2.33 bits per heavy atom. The maximum absolute atomic E-state index is 5.81. The van der Waals surface area contributed by atoms with Crippen molar-refractivity contribution in [2.45, 2.75) is 32.4 Å². The van der Waals surface area contributed by atoms with Crippen LogP contribution in [0.25, 0.3) is 0 Å². The standard InChI is InChI=1S/C13H21N7O/c1-10(2)12-16-13(18-17-12)11-7-19(5-6-21-11)3-4-20-9-14-8-15-20/h8-11H,3-7H2,1-2H3,(H,16,17,18)/t11-/m1/s1. The maximum atomic E-state index is 5.81. The first-order valence-electron chi connectivity index (χ1n) is 7.31. The lowest BCUT2D eigenvalue weighted by molar-refractivity contribution is -0.0352. The Bertz CT molecular complexity index is 551. The Morgan fingerprint density at radius 3 is 3.05 bits per heavy atom. The molecule has 8 heteroatoms. The minimum Gasteiger partial charge on any atom is -0.368 e. The number of aromatic amines is 1. The van der Waals surface area contributed by atoms with Gasteiger partial charge >= 0.3 is 0 Å². The summed E-state index contributed by atoms with van der Waals surface area (Å²) in [7, 11) is 0. The summed E-state index contributed by atoms with van der Waals surface area (Å²) >= 11 is 0. The highest BCUT2D eigenvalue weighted by Gasteiger charge is 2.25. The Morgan fingerprint density at radius 1 is 1.43 bits per heavy atom. The third-order valence-electron chi connectivity index (χ3n) is 3.60. The summed E-state index contributed by atoms with van der Waals surface area (Å²) < 4.78 is 7.66. The molecule has 1 fully saturated rings. The quantitative estimate of drug-likeness (QED) is 0.868. The first-order chi connectivity index (χ1) is 10.2. The number of nitrogens with one attached hydrogen (secondary N) is 1. The predicted octanol–water partition coefficient (Wildman–Crippen LogP) is 0.593. The van der Waals surface area contributed by atoms with E-state index in [9.17, 15) is 0 Å². The van der Waals surface area contributed by atoms with E-state index in [2.05, 4.69) is 44.0 Å². The van der Waals surface area contributed by atoms with E-state index in [1.165, 1.54) is 0 Å². The van der Waals surface area contributed by atoms with Crippen molar-refractivity contribution < 1.29 is 4.74 Å². The summed E-state index contributed by atoms with van der Waals surface area (Å²) in [5.74, 6) is 1.99. The minimum absolute atomic E-state index is 0.0329. The van der Waals surface area contributed by atoms with Crippen molar-refractivity contribution in [3.8, 4) is 0 Å². The van der Waals surface area contributed by atoms with E-state index < -0.39 is 0 Å². The van der Waals surface area contributed by atoms with E-state index >= 15 is 0 Å². The Hall–Kier alpha value is -1.80. The number of aromatic nitrogens is 6. The average molecular weight is 291 g/mol. The molecule has 3 rings (SSSR count). The van der Waals surface area contributed by atoms with Crippen LogP contribution in [0.3, 0.4) is 0 Å². The summed E-state index contributed by atoms with van der Waals surface area (Å²) in [5.41, 5.74) is 0. The molecule has 0 aromatic carbocycles. The van der Waals surface area contributed by atoms with Gasteiger partial charge in [0.15, 0.2) is 11.6 Å². The molecule has 114 valence electrons. The second-order valence-electron chi connectivity index (χ2n) is 5.55. The largest absolute Gasteiger partial charge is 0.368 e. The molecule has 0 spiro atoms. The molecule has 3 heterocycles. The van der Waals surface area contributed by atoms with Gasteiger partial charge in [0, 0.05) is 25.6 Å². The van der Waals surface area contributed by atoms with Crippen LogP contribution in [0, 0.1) is 0 Å². The third-order valence-corrected chi connectivity index (χ3v) is 3.60. The lowest BCUT2D eigenvalue weighted by Gasteiger charge is -2.31. The van der Waals surface area contributed by atoms with E-state index in [-0.39, 0.29) is 6.10 Å². The highest BCUT2D eigenvalue weighted by molar-refractivity contribution is 4.99. The van der Waals surface area contributed by atoms with E-state index in [0.29, 0.717) is 12.5 Å². The second kappa shape index (κ2) is 6.31. The Balaban J connectivity index is 1.57. The van der Waals surface area contributed by atoms with Crippen molar-refractivity contribution in [2.24, 2.45) is 0 Å². The molecular weight excluding hydrogens is 270 g/mol. The summed E-state index contributed by atoms with van der Waals surface area (Å²) in [6, 6.07) is 0. The average Bonchev–Trinajstić information content (AvgIpc) is 3.17. The third kappa shape index (κ3) is 3.45. The van der Waals surface area contributed by atoms with Crippen molar-refractivity contribution >= 4 is 0 Å². The number of hydrogen-bond donors (Lipinski definition) is 1. The molecule has 0 amide bonds. The van der Waals surface area contributed by atoms with E-state index in [1.54, 1.807) is 12.7 Å². The fourth-order valence-corrected chi connectivity index (χ4v) is 2.35. The van der Waals surface area contributed by atoms with Crippen molar-refractivity contribution in [2.75, 3.05) is 26.2 Å². The van der Waals surface area contributed by atoms with Gasteiger partial charge in [-0.2, -0.15) is 10.2 Å². The first-order valence-corrected chi connectivity index (χ1v) is 7.31. The molecule has 8 nitrogen and oxygen atoms in total. The minimum atomic E-state index is -0.0329. The molecule has 1 aliphatic heterocycles. The van der Waals surface area contributed by atoms with E-state index in [0.717, 1.165) is 37.8 Å². The molecule has 21 heavy (non-hydrogen) atoms. The zero-order valence-electron chi connectivity index (χ0n) is 12.4. The second-order valence-corrected chi connectivity index (χ2v) is 5.55. The van der Waals surface area contributed by atoms with Crippen LogP contribution < -0.4 is 0 Å². The van der Waals surface area contributed by atoms with Crippen molar-refractivity contribution in [3.05, 3.63) is 24.3 Å². The molecule has 2 aromatic heterocycles. The van der Waals surface area contributed by atoms with E-state index in [4.69, 9.17) is 4.74 Å². The number of H-pyrrole nitrogens is 1. The van der Waals surface area contributed by atoms with Gasteiger partial charge in [-0.15, -0.1) is 0 Å². The fraction of sp³-hybridized carbons (Fsp3) is 0.692.